The predicted molar refractivity (Wildman–Crippen MR) is 174 cm³/mol. The number of aryl methyl sites for hydroxylation is 3. The molecule has 4 heterocycles. The van der Waals surface area contributed by atoms with Gasteiger partial charge in [0, 0.05) is 37.0 Å². The van der Waals surface area contributed by atoms with E-state index in [9.17, 15) is 10.1 Å². The van der Waals surface area contributed by atoms with Gasteiger partial charge in [0.1, 0.15) is 5.69 Å². The summed E-state index contributed by atoms with van der Waals surface area (Å²) in [7, 11) is 1.84. The molecule has 0 fully saturated rings. The zero-order valence-corrected chi connectivity index (χ0v) is 25.9. The number of fused-ring (bicyclic) bond motifs is 1. The van der Waals surface area contributed by atoms with Gasteiger partial charge >= 0.3 is 0 Å². The Bertz CT molecular complexity index is 2240. The van der Waals surface area contributed by atoms with Crippen molar-refractivity contribution in [3.05, 3.63) is 119 Å². The van der Waals surface area contributed by atoms with Gasteiger partial charge in [-0.25, -0.2) is 14.4 Å². The van der Waals surface area contributed by atoms with Gasteiger partial charge in [-0.3, -0.25) is 13.9 Å². The van der Waals surface area contributed by atoms with Crippen LogP contribution in [0.4, 0.5) is 21.5 Å². The second-order valence-electron chi connectivity index (χ2n) is 11.5. The topological polar surface area (TPSA) is 118 Å². The van der Waals surface area contributed by atoms with Crippen molar-refractivity contribution < 1.29 is 9.18 Å². The van der Waals surface area contributed by atoms with Crippen LogP contribution in [-0.2, 0) is 12.5 Å². The molecule has 0 bridgehead atoms. The van der Waals surface area contributed by atoms with Gasteiger partial charge in [0.2, 0.25) is 0 Å². The summed E-state index contributed by atoms with van der Waals surface area (Å²) < 4.78 is 21.3. The maximum atomic E-state index is 15.9. The Morgan fingerprint density at radius 1 is 1.02 bits per heavy atom. The molecule has 0 unspecified atom stereocenters. The first-order valence-electron chi connectivity index (χ1n) is 14.4. The molecule has 0 saturated carbocycles. The zero-order chi connectivity index (χ0) is 32.6. The van der Waals surface area contributed by atoms with Crippen molar-refractivity contribution in [2.24, 2.45) is 7.05 Å². The number of imidazole rings is 2. The smallest absolute Gasteiger partial charge is 0.258 e. The molecule has 6 aromatic rings. The van der Waals surface area contributed by atoms with Crippen molar-refractivity contribution in [1.29, 1.82) is 5.26 Å². The van der Waals surface area contributed by atoms with E-state index in [1.807, 2.05) is 55.2 Å². The number of aromatic nitrogens is 6. The van der Waals surface area contributed by atoms with E-state index in [1.165, 1.54) is 6.07 Å². The average molecular weight is 612 g/mol. The minimum absolute atomic E-state index is 0.112. The van der Waals surface area contributed by atoms with E-state index in [1.54, 1.807) is 66.9 Å². The van der Waals surface area contributed by atoms with Crippen LogP contribution in [0.1, 0.15) is 52.3 Å². The summed E-state index contributed by atoms with van der Waals surface area (Å²) in [6.07, 6.45) is 10.5. The van der Waals surface area contributed by atoms with Crippen LogP contribution >= 0.6 is 0 Å². The number of rotatable bonds is 6. The normalized spacial score (nSPS) is 11.2. The number of nitrogens with zero attached hydrogens (tertiary/aromatic N) is 7. The number of pyridine rings is 1. The number of hydrogen-bond acceptors (Lipinski definition) is 6. The van der Waals surface area contributed by atoms with Crippen LogP contribution in [-0.4, -0.2) is 34.6 Å². The third kappa shape index (κ3) is 5.82. The number of nitrogens with one attached hydrogen (secondary N) is 2. The van der Waals surface area contributed by atoms with Gasteiger partial charge in [0.05, 0.1) is 58.4 Å². The summed E-state index contributed by atoms with van der Waals surface area (Å²) in [6, 6.07) is 14.5. The predicted octanol–water partition coefficient (Wildman–Crippen LogP) is 6.21. The van der Waals surface area contributed by atoms with Crippen molar-refractivity contribution in [1.82, 2.24) is 28.7 Å². The van der Waals surface area contributed by atoms with Crippen LogP contribution in [0, 0.1) is 42.8 Å². The van der Waals surface area contributed by atoms with Crippen LogP contribution in [0.3, 0.4) is 0 Å². The molecule has 0 spiro atoms. The summed E-state index contributed by atoms with van der Waals surface area (Å²) in [5, 5.41) is 20.1. The highest BCUT2D eigenvalue weighted by atomic mass is 19.1. The molecular formula is C35H30FN9O. The maximum absolute atomic E-state index is 15.9. The molecule has 46 heavy (non-hydrogen) atoms. The Morgan fingerprint density at radius 3 is 2.57 bits per heavy atom. The Kier molecular flexibility index (Phi) is 7.60. The molecule has 0 atom stereocenters. The van der Waals surface area contributed by atoms with Gasteiger partial charge in [0.25, 0.3) is 5.91 Å². The van der Waals surface area contributed by atoms with Crippen LogP contribution in [0.25, 0.3) is 11.3 Å². The maximum Gasteiger partial charge on any atom is 0.258 e. The van der Waals surface area contributed by atoms with Gasteiger partial charge in [-0.15, -0.1) is 0 Å². The molecule has 4 aromatic heterocycles. The number of halogens is 1. The highest BCUT2D eigenvalue weighted by molar-refractivity contribution is 6.05. The standard InChI is InChI=1S/C35H30FN9O/c1-22-8-10-30(34(46)42-25-13-24(35(3,4)20-37)14-28(15-25)44-18-23(2)39-21-44)32(36)29(22)11-9-27-17-38-33-31(7-6-12-45(27)33)41-26-16-40-43(5)19-26/h6-8,10,12-19,21,41H,1-5H3,(H,42,46). The fraction of sp³-hybridized carbons (Fsp3) is 0.171. The molecule has 6 rings (SSSR count). The van der Waals surface area contributed by atoms with E-state index in [0.717, 1.165) is 17.1 Å². The van der Waals surface area contributed by atoms with Crippen molar-refractivity contribution in [2.75, 3.05) is 10.6 Å². The molecule has 2 N–H and O–H groups in total. The summed E-state index contributed by atoms with van der Waals surface area (Å²) in [5.74, 6) is 4.60. The first-order valence-corrected chi connectivity index (χ1v) is 14.4. The molecule has 0 aliphatic heterocycles. The average Bonchev–Trinajstić information content (AvgIpc) is 3.77. The van der Waals surface area contributed by atoms with E-state index < -0.39 is 17.1 Å². The van der Waals surface area contributed by atoms with Gasteiger partial charge in [0.15, 0.2) is 11.5 Å². The van der Waals surface area contributed by atoms with Crippen LogP contribution in [0.15, 0.2) is 79.8 Å². The van der Waals surface area contributed by atoms with Gasteiger partial charge in [-0.2, -0.15) is 10.4 Å². The third-order valence-electron chi connectivity index (χ3n) is 7.62. The molecule has 0 aliphatic carbocycles. The van der Waals surface area contributed by atoms with Crippen LogP contribution in [0.5, 0.6) is 0 Å². The lowest BCUT2D eigenvalue weighted by molar-refractivity contribution is 0.102. The third-order valence-corrected chi connectivity index (χ3v) is 7.62. The van der Waals surface area contributed by atoms with E-state index in [0.29, 0.717) is 33.8 Å². The number of amides is 1. The zero-order valence-electron chi connectivity index (χ0n) is 25.9. The monoisotopic (exact) mass is 611 g/mol. The van der Waals surface area contributed by atoms with E-state index >= 15 is 4.39 Å². The molecule has 0 radical (unpaired) electrons. The first kappa shape index (κ1) is 29.9. The molecule has 10 nitrogen and oxygen atoms in total. The second-order valence-corrected chi connectivity index (χ2v) is 11.5. The summed E-state index contributed by atoms with van der Waals surface area (Å²) in [4.78, 5) is 22.3. The summed E-state index contributed by atoms with van der Waals surface area (Å²) >= 11 is 0. The minimum atomic E-state index is -0.837. The number of hydrogen-bond donors (Lipinski definition) is 2. The SMILES string of the molecule is Cc1cn(-c2cc(NC(=O)c3ccc(C)c(C#Cc4cnc5c(Nc6cnn(C)c6)cccn45)c3F)cc(C(C)(C)C#N)c2)cn1. The van der Waals surface area contributed by atoms with Crippen LogP contribution < -0.4 is 10.6 Å². The lowest BCUT2D eigenvalue weighted by Gasteiger charge is -2.19. The molecular weight excluding hydrogens is 581 g/mol. The van der Waals surface area contributed by atoms with Crippen molar-refractivity contribution in [2.45, 2.75) is 33.1 Å². The molecule has 1 amide bonds. The minimum Gasteiger partial charge on any atom is -0.350 e. The molecule has 0 aliphatic rings. The number of benzene rings is 2. The van der Waals surface area contributed by atoms with Crippen LogP contribution in [0.2, 0.25) is 0 Å². The Morgan fingerprint density at radius 2 is 1.85 bits per heavy atom. The Balaban J connectivity index is 1.31. The van der Waals surface area contributed by atoms with Gasteiger partial charge in [-0.1, -0.05) is 12.0 Å². The van der Waals surface area contributed by atoms with Crippen molar-refractivity contribution >= 4 is 28.6 Å². The largest absolute Gasteiger partial charge is 0.350 e. The molecule has 2 aromatic carbocycles. The highest BCUT2D eigenvalue weighted by Gasteiger charge is 2.23. The number of carbonyl (C=O) groups is 1. The fourth-order valence-electron chi connectivity index (χ4n) is 4.99. The van der Waals surface area contributed by atoms with Crippen molar-refractivity contribution in [3.8, 4) is 23.6 Å². The molecule has 0 saturated heterocycles. The number of carbonyl (C=O) groups excluding carboxylic acids is 1. The highest BCUT2D eigenvalue weighted by Crippen LogP contribution is 2.29. The molecule has 11 heteroatoms. The number of nitriles is 1. The van der Waals surface area contributed by atoms with E-state index in [-0.39, 0.29) is 11.1 Å². The molecule has 228 valence electrons. The van der Waals surface area contributed by atoms with Gasteiger partial charge < -0.3 is 15.2 Å². The quantitative estimate of drug-likeness (QED) is 0.216. The van der Waals surface area contributed by atoms with Crippen molar-refractivity contribution in [3.63, 3.8) is 0 Å². The fourth-order valence-corrected chi connectivity index (χ4v) is 4.99. The van der Waals surface area contributed by atoms with E-state index in [4.69, 9.17) is 0 Å². The Labute approximate surface area is 265 Å². The Hall–Kier alpha value is -6.20. The second kappa shape index (κ2) is 11.7. The first-order chi connectivity index (χ1) is 22.0. The number of anilines is 3. The van der Waals surface area contributed by atoms with Gasteiger partial charge in [-0.05, 0) is 81.1 Å². The summed E-state index contributed by atoms with van der Waals surface area (Å²) in [6.45, 7) is 7.20. The lowest BCUT2D eigenvalue weighted by Crippen LogP contribution is -2.18. The van der Waals surface area contributed by atoms with E-state index in [2.05, 4.69) is 43.6 Å². The lowest BCUT2D eigenvalue weighted by atomic mass is 9.86. The summed E-state index contributed by atoms with van der Waals surface area (Å²) in [5.41, 5.74) is 5.12.